The summed E-state index contributed by atoms with van der Waals surface area (Å²) in [7, 11) is -4.64. The summed E-state index contributed by atoms with van der Waals surface area (Å²) in [4.78, 5) is -0.599. The molecule has 1 rings (SSSR count). The quantitative estimate of drug-likeness (QED) is 0.521. The summed E-state index contributed by atoms with van der Waals surface area (Å²) in [6, 6.07) is 3.11. The van der Waals surface area contributed by atoms with Crippen LogP contribution >= 0.6 is 0 Å². The van der Waals surface area contributed by atoms with Gasteiger partial charge in [0, 0.05) is 5.56 Å². The van der Waals surface area contributed by atoms with Crippen LogP contribution in [0.2, 0.25) is 0 Å². The van der Waals surface area contributed by atoms with Crippen LogP contribution in [-0.2, 0) is 10.1 Å². The molecule has 0 bridgehead atoms. The zero-order valence-corrected chi connectivity index (χ0v) is 12.0. The first kappa shape index (κ1) is 16.3. The Bertz CT molecular complexity index is 492. The van der Waals surface area contributed by atoms with Crippen LogP contribution in [0.3, 0.4) is 0 Å². The normalized spacial score (nSPS) is 10.5. The molecular weight excluding hydrogens is 272 g/mol. The molecule has 3 nitrogen and oxygen atoms in total. The molecule has 1 aromatic rings. The van der Waals surface area contributed by atoms with E-state index in [-0.39, 0.29) is 51.4 Å². The van der Waals surface area contributed by atoms with Gasteiger partial charge < -0.3 is 4.55 Å². The molecule has 0 heterocycles. The van der Waals surface area contributed by atoms with Gasteiger partial charge in [0.05, 0.1) is 4.90 Å². The Labute approximate surface area is 133 Å². The molecule has 1 aromatic carbocycles. The fraction of sp³-hybridized carbons (Fsp3) is 0. The van der Waals surface area contributed by atoms with Crippen LogP contribution in [0.5, 0.6) is 0 Å². The number of hydrogen-bond donors (Lipinski definition) is 0. The molecule has 8 heteroatoms. The van der Waals surface area contributed by atoms with Gasteiger partial charge in [0.25, 0.3) is 0 Å². The summed E-state index contributed by atoms with van der Waals surface area (Å²) in [5.41, 5.74) is -0.484. The van der Waals surface area contributed by atoms with Gasteiger partial charge in [-0.3, -0.25) is 0 Å². The molecule has 0 N–H and O–H groups in total. The SMILES string of the molecule is O=S(=O)([O-])c1ccc(C(F)=C(F)F)cc1.[K+]. The summed E-state index contributed by atoms with van der Waals surface area (Å²) in [6.07, 6.45) is -2.51. The predicted octanol–water partition coefficient (Wildman–Crippen LogP) is -0.871. The molecule has 0 aliphatic rings. The zero-order chi connectivity index (χ0) is 11.6. The van der Waals surface area contributed by atoms with Crippen molar-refractivity contribution in [1.29, 1.82) is 0 Å². The van der Waals surface area contributed by atoms with Gasteiger partial charge in [0.2, 0.25) is 0 Å². The third-order valence-corrected chi connectivity index (χ3v) is 2.41. The third kappa shape index (κ3) is 4.28. The van der Waals surface area contributed by atoms with Crippen molar-refractivity contribution in [1.82, 2.24) is 0 Å². The van der Waals surface area contributed by atoms with Crippen LogP contribution in [0.25, 0.3) is 5.83 Å². The average molecular weight is 276 g/mol. The number of halogens is 3. The number of benzene rings is 1. The fourth-order valence-electron chi connectivity index (χ4n) is 0.877. The van der Waals surface area contributed by atoms with Crippen molar-refractivity contribution in [3.05, 3.63) is 35.9 Å². The molecule has 16 heavy (non-hydrogen) atoms. The van der Waals surface area contributed by atoms with Crippen molar-refractivity contribution >= 4 is 15.9 Å². The van der Waals surface area contributed by atoms with E-state index in [4.69, 9.17) is 0 Å². The van der Waals surface area contributed by atoms with E-state index in [0.29, 0.717) is 0 Å². The van der Waals surface area contributed by atoms with E-state index in [1.54, 1.807) is 0 Å². The molecule has 0 radical (unpaired) electrons. The smallest absolute Gasteiger partial charge is 0.744 e. The van der Waals surface area contributed by atoms with Crippen molar-refractivity contribution in [2.24, 2.45) is 0 Å². The van der Waals surface area contributed by atoms with E-state index in [2.05, 4.69) is 0 Å². The molecule has 0 saturated carbocycles. The maximum Gasteiger partial charge on any atom is 1.00 e. The maximum absolute atomic E-state index is 12.6. The summed E-state index contributed by atoms with van der Waals surface area (Å²) in [5, 5.41) is 0. The Balaban J connectivity index is 0.00000225. The number of hydrogen-bond acceptors (Lipinski definition) is 3. The van der Waals surface area contributed by atoms with Crippen LogP contribution < -0.4 is 51.4 Å². The molecule has 0 aromatic heterocycles. The van der Waals surface area contributed by atoms with E-state index < -0.39 is 32.5 Å². The van der Waals surface area contributed by atoms with Crippen LogP contribution in [0, 0.1) is 0 Å². The van der Waals surface area contributed by atoms with Crippen LogP contribution in [0.4, 0.5) is 13.2 Å². The van der Waals surface area contributed by atoms with Gasteiger partial charge in [0.1, 0.15) is 10.1 Å². The van der Waals surface area contributed by atoms with Gasteiger partial charge in [0.15, 0.2) is 5.83 Å². The fourth-order valence-corrected chi connectivity index (χ4v) is 1.35. The minimum Gasteiger partial charge on any atom is -0.744 e. The minimum absolute atomic E-state index is 0. The Kier molecular flexibility index (Phi) is 6.41. The van der Waals surface area contributed by atoms with Gasteiger partial charge in [-0.15, -0.1) is 0 Å². The molecule has 0 aliphatic heterocycles. The Morgan fingerprint density at radius 2 is 1.50 bits per heavy atom. The maximum atomic E-state index is 12.6. The molecule has 0 amide bonds. The van der Waals surface area contributed by atoms with Gasteiger partial charge in [-0.05, 0) is 12.1 Å². The molecule has 0 aliphatic carbocycles. The van der Waals surface area contributed by atoms with Crippen molar-refractivity contribution in [3.8, 4) is 0 Å². The monoisotopic (exact) mass is 276 g/mol. The summed E-state index contributed by atoms with van der Waals surface area (Å²) in [5.74, 6) is -1.75. The van der Waals surface area contributed by atoms with E-state index >= 15 is 0 Å². The largest absolute Gasteiger partial charge is 1.00 e. The molecule has 0 spiro atoms. The first-order valence-electron chi connectivity index (χ1n) is 3.59. The topological polar surface area (TPSA) is 57.2 Å². The van der Waals surface area contributed by atoms with Gasteiger partial charge in [-0.1, -0.05) is 12.1 Å². The van der Waals surface area contributed by atoms with Crippen LogP contribution in [-0.4, -0.2) is 13.0 Å². The second-order valence-corrected chi connectivity index (χ2v) is 3.93. The zero-order valence-electron chi connectivity index (χ0n) is 8.08. The molecule has 82 valence electrons. The molecule has 0 fully saturated rings. The summed E-state index contributed by atoms with van der Waals surface area (Å²) in [6.45, 7) is 0. The first-order chi connectivity index (χ1) is 6.82. The molecular formula is C8H4F3KO3S. The van der Waals surface area contributed by atoms with E-state index in [1.807, 2.05) is 0 Å². The Hall–Kier alpha value is 0.296. The second kappa shape index (κ2) is 6.29. The van der Waals surface area contributed by atoms with Crippen molar-refractivity contribution in [2.45, 2.75) is 4.90 Å². The van der Waals surface area contributed by atoms with Gasteiger partial charge in [-0.2, -0.15) is 8.78 Å². The van der Waals surface area contributed by atoms with Crippen molar-refractivity contribution < 1.29 is 77.5 Å². The van der Waals surface area contributed by atoms with Crippen LogP contribution in [0.1, 0.15) is 5.56 Å². The standard InChI is InChI=1S/C8H5F3O3S.K/c9-7(8(10)11)5-1-3-6(4-2-5)15(12,13)14;/h1-4H,(H,12,13,14);/q;+1/p-1. The first-order valence-corrected chi connectivity index (χ1v) is 5.00. The van der Waals surface area contributed by atoms with Gasteiger partial charge >= 0.3 is 57.5 Å². The average Bonchev–Trinajstić information content (AvgIpc) is 2.15. The van der Waals surface area contributed by atoms with E-state index in [9.17, 15) is 26.1 Å². The van der Waals surface area contributed by atoms with Crippen LogP contribution in [0.15, 0.2) is 35.2 Å². The van der Waals surface area contributed by atoms with Crippen molar-refractivity contribution in [3.63, 3.8) is 0 Å². The summed E-state index contributed by atoms with van der Waals surface area (Å²) >= 11 is 0. The third-order valence-electron chi connectivity index (χ3n) is 1.56. The Morgan fingerprint density at radius 1 is 1.06 bits per heavy atom. The summed E-state index contributed by atoms with van der Waals surface area (Å²) < 4.78 is 67.4. The van der Waals surface area contributed by atoms with E-state index in [1.165, 1.54) is 0 Å². The second-order valence-electron chi connectivity index (χ2n) is 2.55. The van der Waals surface area contributed by atoms with E-state index in [0.717, 1.165) is 24.3 Å². The predicted molar refractivity (Wildman–Crippen MR) is 44.6 cm³/mol. The van der Waals surface area contributed by atoms with Gasteiger partial charge in [-0.25, -0.2) is 12.8 Å². The minimum atomic E-state index is -4.64. The molecule has 0 unspecified atom stereocenters. The number of rotatable bonds is 2. The molecule has 0 saturated heterocycles. The Morgan fingerprint density at radius 3 is 1.81 bits per heavy atom. The molecule has 0 atom stereocenters. The van der Waals surface area contributed by atoms with Crippen molar-refractivity contribution in [2.75, 3.05) is 0 Å².